The first-order valence-corrected chi connectivity index (χ1v) is 11.5. The Morgan fingerprint density at radius 1 is 1.25 bits per heavy atom. The Balaban J connectivity index is 2.11. The molecule has 1 aromatic rings. The van der Waals surface area contributed by atoms with E-state index in [-0.39, 0.29) is 6.54 Å². The average molecular weight is 373 g/mol. The molecule has 1 saturated heterocycles. The van der Waals surface area contributed by atoms with Crippen LogP contribution in [0.2, 0.25) is 0 Å². The largest absolute Gasteiger partial charge is 0.244 e. The maximum atomic E-state index is 13.1. The molecule has 24 heavy (non-hydrogen) atoms. The molecule has 2 aliphatic rings. The maximum Gasteiger partial charge on any atom is 0.244 e. The molecule has 134 valence electrons. The van der Waals surface area contributed by atoms with Gasteiger partial charge in [-0.1, -0.05) is 32.0 Å². The summed E-state index contributed by atoms with van der Waals surface area (Å²) in [5, 5.41) is 0. The first-order chi connectivity index (χ1) is 11.1. The van der Waals surface area contributed by atoms with Crippen LogP contribution in [0.4, 0.5) is 0 Å². The van der Waals surface area contributed by atoms with Gasteiger partial charge in [0.05, 0.1) is 16.7 Å². The predicted octanol–water partition coefficient (Wildman–Crippen LogP) is 1.60. The van der Waals surface area contributed by atoms with Gasteiger partial charge in [0.25, 0.3) is 0 Å². The highest BCUT2D eigenvalue weighted by Crippen LogP contribution is 2.49. The van der Waals surface area contributed by atoms with E-state index in [1.807, 2.05) is 12.1 Å². The van der Waals surface area contributed by atoms with E-state index in [0.717, 1.165) is 12.0 Å². The van der Waals surface area contributed by atoms with Crippen molar-refractivity contribution in [3.63, 3.8) is 0 Å². The van der Waals surface area contributed by atoms with Gasteiger partial charge in [-0.05, 0) is 30.4 Å². The first kappa shape index (κ1) is 17.8. The summed E-state index contributed by atoms with van der Waals surface area (Å²) in [6, 6.07) is 7.00. The van der Waals surface area contributed by atoms with Crippen LogP contribution in [0.3, 0.4) is 0 Å². The summed E-state index contributed by atoms with van der Waals surface area (Å²) in [5.41, 5.74) is -0.0344. The van der Waals surface area contributed by atoms with Crippen molar-refractivity contribution in [3.05, 3.63) is 29.8 Å². The van der Waals surface area contributed by atoms with Crippen molar-refractivity contribution in [2.75, 3.05) is 25.9 Å². The zero-order chi connectivity index (χ0) is 17.8. The maximum absolute atomic E-state index is 13.1. The fourth-order valence-electron chi connectivity index (χ4n) is 3.73. The number of hydrogen-bond donors (Lipinski definition) is 0. The lowest BCUT2D eigenvalue weighted by atomic mass is 9.88. The van der Waals surface area contributed by atoms with E-state index in [9.17, 15) is 16.8 Å². The Bertz CT molecular complexity index is 849. The second kappa shape index (κ2) is 5.79. The minimum Gasteiger partial charge on any atom is -0.213 e. The van der Waals surface area contributed by atoms with Crippen LogP contribution in [-0.4, -0.2) is 51.3 Å². The normalized spacial score (nSPS) is 27.2. The molecular weight excluding hydrogens is 348 g/mol. The molecule has 0 unspecified atom stereocenters. The van der Waals surface area contributed by atoms with Gasteiger partial charge in [0, 0.05) is 19.6 Å². The van der Waals surface area contributed by atoms with Crippen molar-refractivity contribution >= 4 is 20.0 Å². The number of rotatable bonds is 4. The van der Waals surface area contributed by atoms with E-state index >= 15 is 0 Å². The van der Waals surface area contributed by atoms with Gasteiger partial charge in [-0.2, -0.15) is 8.61 Å². The standard InChI is InChI=1S/C16H24N2O4S2/c1-13(2)8-10-18-16(9-11-17(12-16)23(3,19)20)14-6-4-5-7-15(14)24(18,21)22/h4-7,13H,8-12H2,1-3H3/t16-/m1/s1. The third-order valence-electron chi connectivity index (χ3n) is 5.03. The number of nitrogens with zero attached hydrogens (tertiary/aromatic N) is 2. The van der Waals surface area contributed by atoms with Crippen LogP contribution in [0.25, 0.3) is 0 Å². The predicted molar refractivity (Wildman–Crippen MR) is 92.5 cm³/mol. The molecule has 0 aliphatic carbocycles. The highest BCUT2D eigenvalue weighted by Gasteiger charge is 2.57. The molecule has 0 aromatic heterocycles. The highest BCUT2D eigenvalue weighted by molar-refractivity contribution is 7.89. The van der Waals surface area contributed by atoms with E-state index in [1.165, 1.54) is 10.6 Å². The van der Waals surface area contributed by atoms with Crippen molar-refractivity contribution in [2.45, 2.75) is 37.1 Å². The van der Waals surface area contributed by atoms with Gasteiger partial charge in [0.15, 0.2) is 0 Å². The minimum atomic E-state index is -3.59. The van der Waals surface area contributed by atoms with E-state index in [1.54, 1.807) is 16.4 Å². The van der Waals surface area contributed by atoms with Crippen molar-refractivity contribution in [1.82, 2.24) is 8.61 Å². The Morgan fingerprint density at radius 3 is 2.50 bits per heavy atom. The minimum absolute atomic E-state index is 0.195. The summed E-state index contributed by atoms with van der Waals surface area (Å²) in [4.78, 5) is 0.323. The summed E-state index contributed by atoms with van der Waals surface area (Å²) in [7, 11) is -6.94. The summed E-state index contributed by atoms with van der Waals surface area (Å²) >= 11 is 0. The zero-order valence-electron chi connectivity index (χ0n) is 14.3. The van der Waals surface area contributed by atoms with Crippen LogP contribution in [0.15, 0.2) is 29.2 Å². The molecule has 2 heterocycles. The Kier molecular flexibility index (Phi) is 4.31. The zero-order valence-corrected chi connectivity index (χ0v) is 15.9. The second-order valence-electron chi connectivity index (χ2n) is 7.13. The van der Waals surface area contributed by atoms with Gasteiger partial charge in [-0.25, -0.2) is 16.8 Å². The van der Waals surface area contributed by atoms with Crippen LogP contribution in [0, 0.1) is 5.92 Å². The first-order valence-electron chi connectivity index (χ1n) is 8.16. The third-order valence-corrected chi connectivity index (χ3v) is 8.30. The molecule has 2 aliphatic heterocycles. The molecule has 8 heteroatoms. The van der Waals surface area contributed by atoms with Crippen LogP contribution in [-0.2, 0) is 25.6 Å². The molecule has 1 atom stereocenters. The Morgan fingerprint density at radius 2 is 1.92 bits per heavy atom. The number of benzene rings is 1. The van der Waals surface area contributed by atoms with Crippen LogP contribution >= 0.6 is 0 Å². The fourth-order valence-corrected chi connectivity index (χ4v) is 6.68. The lowest BCUT2D eigenvalue weighted by Gasteiger charge is -2.34. The van der Waals surface area contributed by atoms with Crippen LogP contribution < -0.4 is 0 Å². The fraction of sp³-hybridized carbons (Fsp3) is 0.625. The smallest absolute Gasteiger partial charge is 0.213 e. The van der Waals surface area contributed by atoms with Gasteiger partial charge in [0.1, 0.15) is 0 Å². The quantitative estimate of drug-likeness (QED) is 0.804. The van der Waals surface area contributed by atoms with Gasteiger partial charge >= 0.3 is 0 Å². The lowest BCUT2D eigenvalue weighted by molar-refractivity contribution is 0.202. The van der Waals surface area contributed by atoms with Crippen molar-refractivity contribution in [1.29, 1.82) is 0 Å². The Hall–Kier alpha value is -0.960. The molecule has 3 rings (SSSR count). The molecule has 1 aromatic carbocycles. The SMILES string of the molecule is CC(C)CCN1[C@@]2(CCN(S(C)(=O)=O)C2)c2ccccc2S1(=O)=O. The van der Waals surface area contributed by atoms with Gasteiger partial charge in [0.2, 0.25) is 20.0 Å². The molecule has 0 amide bonds. The van der Waals surface area contributed by atoms with E-state index in [0.29, 0.717) is 30.3 Å². The van der Waals surface area contributed by atoms with E-state index in [2.05, 4.69) is 13.8 Å². The molecule has 0 bridgehead atoms. The van der Waals surface area contributed by atoms with Crippen LogP contribution in [0.1, 0.15) is 32.3 Å². The number of sulfonamides is 2. The molecule has 0 N–H and O–H groups in total. The van der Waals surface area contributed by atoms with Crippen molar-refractivity contribution < 1.29 is 16.8 Å². The number of hydrogen-bond acceptors (Lipinski definition) is 4. The lowest BCUT2D eigenvalue weighted by Crippen LogP contribution is -2.47. The molecular formula is C16H24N2O4S2. The van der Waals surface area contributed by atoms with Crippen LogP contribution in [0.5, 0.6) is 0 Å². The Labute approximate surface area is 144 Å². The van der Waals surface area contributed by atoms with E-state index in [4.69, 9.17) is 0 Å². The number of fused-ring (bicyclic) bond motifs is 2. The topological polar surface area (TPSA) is 74.8 Å². The molecule has 1 spiro atoms. The average Bonchev–Trinajstić information content (AvgIpc) is 2.99. The monoisotopic (exact) mass is 372 g/mol. The van der Waals surface area contributed by atoms with Crippen molar-refractivity contribution in [3.8, 4) is 0 Å². The van der Waals surface area contributed by atoms with Crippen molar-refractivity contribution in [2.24, 2.45) is 5.92 Å². The van der Waals surface area contributed by atoms with Gasteiger partial charge in [-0.3, -0.25) is 0 Å². The summed E-state index contributed by atoms with van der Waals surface area (Å²) < 4.78 is 53.0. The summed E-state index contributed by atoms with van der Waals surface area (Å²) in [6.45, 7) is 5.06. The second-order valence-corrected chi connectivity index (χ2v) is 10.9. The highest BCUT2D eigenvalue weighted by atomic mass is 32.2. The van der Waals surface area contributed by atoms with Gasteiger partial charge < -0.3 is 0 Å². The molecule has 6 nitrogen and oxygen atoms in total. The molecule has 0 radical (unpaired) electrons. The molecule has 0 saturated carbocycles. The van der Waals surface area contributed by atoms with Gasteiger partial charge in [-0.15, -0.1) is 0 Å². The third kappa shape index (κ3) is 2.69. The summed E-state index contributed by atoms with van der Waals surface area (Å²) in [6.07, 6.45) is 2.42. The summed E-state index contributed by atoms with van der Waals surface area (Å²) in [5.74, 6) is 0.369. The van der Waals surface area contributed by atoms with E-state index < -0.39 is 25.6 Å². The molecule has 1 fully saturated rings.